The van der Waals surface area contributed by atoms with E-state index in [9.17, 15) is 9.90 Å². The van der Waals surface area contributed by atoms with Gasteiger partial charge in [-0.05, 0) is 93.1 Å². The average molecular weight is 650 g/mol. The van der Waals surface area contributed by atoms with Crippen LogP contribution in [0.3, 0.4) is 0 Å². The number of rotatable bonds is 9. The molecule has 234 valence electrons. The van der Waals surface area contributed by atoms with E-state index >= 15 is 0 Å². The van der Waals surface area contributed by atoms with E-state index in [1.807, 2.05) is 65.2 Å². The van der Waals surface area contributed by atoms with E-state index in [4.69, 9.17) is 5.10 Å². The summed E-state index contributed by atoms with van der Waals surface area (Å²) in [6.45, 7) is 8.68. The lowest BCUT2D eigenvalue weighted by Crippen LogP contribution is -2.29. The fraction of sp³-hybridized carbons (Fsp3) is 0.200. The number of amides is 2. The van der Waals surface area contributed by atoms with Crippen LogP contribution in [0.15, 0.2) is 101 Å². The summed E-state index contributed by atoms with van der Waals surface area (Å²) in [5, 5.41) is 30.0. The summed E-state index contributed by atoms with van der Waals surface area (Å²) >= 11 is 3.29. The highest BCUT2D eigenvalue weighted by Crippen LogP contribution is 2.36. The zero-order valence-electron chi connectivity index (χ0n) is 26.3. The minimum atomic E-state index is -0.322. The number of nitrogens with zero attached hydrogens (tertiary/aromatic N) is 5. The van der Waals surface area contributed by atoms with Crippen LogP contribution >= 0.6 is 23.5 Å². The molecule has 0 bridgehead atoms. The van der Waals surface area contributed by atoms with E-state index in [1.165, 1.54) is 0 Å². The Morgan fingerprint density at radius 3 is 2.43 bits per heavy atom. The van der Waals surface area contributed by atoms with Crippen LogP contribution in [0, 0.1) is 13.8 Å². The maximum Gasteiger partial charge on any atom is 0.320 e. The molecule has 6 aromatic rings. The monoisotopic (exact) mass is 649 g/mol. The highest BCUT2D eigenvalue weighted by atomic mass is 32.2. The number of carbonyl (C=O) groups excluding carboxylic acids is 1. The first-order valence-corrected chi connectivity index (χ1v) is 16.8. The lowest BCUT2D eigenvalue weighted by Gasteiger charge is -2.18. The number of para-hydroxylation sites is 1. The van der Waals surface area contributed by atoms with Crippen molar-refractivity contribution in [1.29, 1.82) is 0 Å². The Hall–Kier alpha value is -4.74. The number of benzene rings is 3. The third kappa shape index (κ3) is 6.61. The lowest BCUT2D eigenvalue weighted by atomic mass is 10.1. The van der Waals surface area contributed by atoms with Crippen LogP contribution in [0.25, 0.3) is 22.7 Å². The summed E-state index contributed by atoms with van der Waals surface area (Å²) in [4.78, 5) is 15.3. The van der Waals surface area contributed by atoms with Crippen molar-refractivity contribution in [1.82, 2.24) is 29.7 Å². The molecule has 0 radical (unpaired) electrons. The number of hydrogen-bond acceptors (Lipinski definition) is 7. The van der Waals surface area contributed by atoms with Crippen molar-refractivity contribution in [2.75, 3.05) is 11.6 Å². The maximum absolute atomic E-state index is 13.3. The third-order valence-corrected chi connectivity index (χ3v) is 10.0. The molecule has 3 aromatic heterocycles. The number of thioether (sulfide) groups is 1. The van der Waals surface area contributed by atoms with Gasteiger partial charge in [0, 0.05) is 28.6 Å². The first-order chi connectivity index (χ1) is 22.1. The van der Waals surface area contributed by atoms with E-state index in [0.29, 0.717) is 29.4 Å². The van der Waals surface area contributed by atoms with Crippen molar-refractivity contribution in [3.63, 3.8) is 0 Å². The molecule has 3 N–H and O–H groups in total. The molecule has 0 saturated heterocycles. The zero-order chi connectivity index (χ0) is 32.4. The fourth-order valence-corrected chi connectivity index (χ4v) is 6.40. The van der Waals surface area contributed by atoms with Gasteiger partial charge in [-0.15, -0.1) is 10.2 Å². The van der Waals surface area contributed by atoms with E-state index in [0.717, 1.165) is 37.9 Å². The normalized spacial score (nSPS) is 11.6. The molecule has 0 unspecified atom stereocenters. The number of aromatic nitrogens is 5. The Balaban J connectivity index is 1.21. The molecule has 0 atom stereocenters. The summed E-state index contributed by atoms with van der Waals surface area (Å²) < 4.78 is 3.45. The largest absolute Gasteiger partial charge is 0.507 e. The number of urea groups is 1. The van der Waals surface area contributed by atoms with Crippen LogP contribution in [0.1, 0.15) is 36.2 Å². The van der Waals surface area contributed by atoms with Crippen LogP contribution < -0.4 is 10.6 Å². The van der Waals surface area contributed by atoms with Gasteiger partial charge in [0.05, 0.1) is 21.7 Å². The van der Waals surface area contributed by atoms with Crippen LogP contribution in [-0.2, 0) is 11.3 Å². The van der Waals surface area contributed by atoms with Crippen molar-refractivity contribution in [3.05, 3.63) is 114 Å². The highest BCUT2D eigenvalue weighted by molar-refractivity contribution is 7.99. The number of pyridine rings is 1. The lowest BCUT2D eigenvalue weighted by molar-refractivity contribution is 0.251. The summed E-state index contributed by atoms with van der Waals surface area (Å²) in [7, 11) is 0. The molecule has 46 heavy (non-hydrogen) atoms. The number of aromatic hydroxyl groups is 1. The van der Waals surface area contributed by atoms with E-state index in [-0.39, 0.29) is 16.5 Å². The van der Waals surface area contributed by atoms with Gasteiger partial charge in [-0.2, -0.15) is 16.9 Å². The molecule has 11 heteroatoms. The highest BCUT2D eigenvalue weighted by Gasteiger charge is 2.25. The minimum Gasteiger partial charge on any atom is -0.507 e. The molecule has 0 aliphatic carbocycles. The molecule has 0 aliphatic heterocycles. The second kappa shape index (κ2) is 12.9. The van der Waals surface area contributed by atoms with E-state index in [1.54, 1.807) is 40.3 Å². The molecular formula is C35H35N7O2S2. The number of carbonyl (C=O) groups is 1. The molecule has 6 rings (SSSR count). The summed E-state index contributed by atoms with van der Waals surface area (Å²) in [5.74, 6) is 1.31. The molecule has 0 saturated carbocycles. The van der Waals surface area contributed by atoms with Gasteiger partial charge in [-0.3, -0.25) is 9.72 Å². The second-order valence-electron chi connectivity index (χ2n) is 11.5. The van der Waals surface area contributed by atoms with Gasteiger partial charge in [0.2, 0.25) is 0 Å². The fourth-order valence-electron chi connectivity index (χ4n) is 5.13. The quantitative estimate of drug-likeness (QED) is 0.146. The first-order valence-electron chi connectivity index (χ1n) is 14.8. The number of hydrogen-bond donors (Lipinski definition) is 3. The van der Waals surface area contributed by atoms with Crippen molar-refractivity contribution >= 4 is 41.0 Å². The number of aryl methyl sites for hydroxylation is 2. The smallest absolute Gasteiger partial charge is 0.320 e. The molecule has 3 aromatic carbocycles. The van der Waals surface area contributed by atoms with Crippen LogP contribution in [0.2, 0.25) is 0 Å². The number of nitrogens with one attached hydrogen (secondary N) is 2. The Labute approximate surface area is 276 Å². The number of anilines is 1. The third-order valence-electron chi connectivity index (χ3n) is 7.69. The minimum absolute atomic E-state index is 0.144. The average Bonchev–Trinajstić information content (AvgIpc) is 3.65. The Morgan fingerprint density at radius 2 is 1.67 bits per heavy atom. The summed E-state index contributed by atoms with van der Waals surface area (Å²) in [5.41, 5.74) is 6.28. The number of phenolic OH excluding ortho intramolecular Hbond substituents is 1. The van der Waals surface area contributed by atoms with Crippen molar-refractivity contribution in [2.24, 2.45) is 0 Å². The zero-order valence-corrected chi connectivity index (χ0v) is 27.9. The first kappa shape index (κ1) is 31.3. The van der Waals surface area contributed by atoms with Crippen LogP contribution in [0.5, 0.6) is 5.75 Å². The van der Waals surface area contributed by atoms with Crippen molar-refractivity contribution in [3.8, 4) is 22.8 Å². The van der Waals surface area contributed by atoms with E-state index < -0.39 is 0 Å². The van der Waals surface area contributed by atoms with Gasteiger partial charge in [-0.25, -0.2) is 9.48 Å². The number of fused-ring (bicyclic) bond motifs is 1. The standard InChI is InChI=1S/C35H35N7O2S2/c1-22-16-23(2)18-25(17-22)42-32(19-30(40-42)35(3,4)45-5)37-34(44)36-20-24-10-6-9-13-29(24)46-26-14-15-31-38-39-33(41(31)21-26)27-11-7-8-12-28(27)43/h6-19,21,43H,20H2,1-5H3,(H2,36,37,44). The van der Waals surface area contributed by atoms with Gasteiger partial charge in [0.1, 0.15) is 11.6 Å². The van der Waals surface area contributed by atoms with Gasteiger partial charge in [0.15, 0.2) is 11.5 Å². The van der Waals surface area contributed by atoms with Crippen molar-refractivity contribution < 1.29 is 9.90 Å². The SMILES string of the molecule is CSC(C)(C)c1cc(NC(=O)NCc2ccccc2Sc2ccc3nnc(-c4ccccc4O)n3c2)n(-c2cc(C)cc(C)c2)n1. The molecule has 0 fully saturated rings. The Kier molecular flexibility index (Phi) is 8.79. The second-order valence-corrected chi connectivity index (χ2v) is 14.1. The van der Waals surface area contributed by atoms with Crippen LogP contribution in [-0.4, -0.2) is 41.8 Å². The van der Waals surface area contributed by atoms with E-state index in [2.05, 4.69) is 73.0 Å². The summed E-state index contributed by atoms with van der Waals surface area (Å²) in [6, 6.07) is 26.8. The molecule has 3 heterocycles. The van der Waals surface area contributed by atoms with Gasteiger partial charge < -0.3 is 10.4 Å². The van der Waals surface area contributed by atoms with Crippen LogP contribution in [0.4, 0.5) is 10.6 Å². The summed E-state index contributed by atoms with van der Waals surface area (Å²) in [6.07, 6.45) is 4.02. The van der Waals surface area contributed by atoms with Gasteiger partial charge >= 0.3 is 6.03 Å². The number of phenols is 1. The molecular weight excluding hydrogens is 615 g/mol. The Morgan fingerprint density at radius 1 is 0.935 bits per heavy atom. The topological polar surface area (TPSA) is 109 Å². The molecule has 0 spiro atoms. The van der Waals surface area contributed by atoms with Gasteiger partial charge in [0.25, 0.3) is 0 Å². The predicted molar refractivity (Wildman–Crippen MR) is 186 cm³/mol. The predicted octanol–water partition coefficient (Wildman–Crippen LogP) is 7.98. The van der Waals surface area contributed by atoms with Gasteiger partial charge in [-0.1, -0.05) is 48.2 Å². The molecule has 9 nitrogen and oxygen atoms in total. The van der Waals surface area contributed by atoms with Crippen molar-refractivity contribution in [2.45, 2.75) is 48.8 Å². The molecule has 2 amide bonds. The maximum atomic E-state index is 13.3. The molecule has 0 aliphatic rings. The Bertz CT molecular complexity index is 2030.